The zero-order valence-corrected chi connectivity index (χ0v) is 17.6. The molecule has 0 atom stereocenters. The Bertz CT molecular complexity index is 852. The van der Waals surface area contributed by atoms with E-state index < -0.39 is 18.5 Å². The minimum atomic E-state index is -0.591. The first-order chi connectivity index (χ1) is 13.9. The number of esters is 1. The first kappa shape index (κ1) is 22.5. The highest BCUT2D eigenvalue weighted by atomic mass is 32.2. The van der Waals surface area contributed by atoms with E-state index in [0.717, 1.165) is 16.3 Å². The number of likely N-dealkylation sites (N-methyl/N-ethyl adjacent to an activating group) is 2. The molecule has 0 aliphatic rings. The van der Waals surface area contributed by atoms with Crippen LogP contribution in [0.5, 0.6) is 0 Å². The molecule has 0 spiro atoms. The highest BCUT2D eigenvalue weighted by Gasteiger charge is 2.19. The molecule has 0 aliphatic carbocycles. The van der Waals surface area contributed by atoms with Crippen LogP contribution in [0.4, 0.5) is 0 Å². The lowest BCUT2D eigenvalue weighted by molar-refractivity contribution is -0.138. The van der Waals surface area contributed by atoms with E-state index in [0.29, 0.717) is 24.4 Å². The van der Waals surface area contributed by atoms with Gasteiger partial charge in [-0.15, -0.1) is 11.8 Å². The van der Waals surface area contributed by atoms with Gasteiger partial charge in [0.15, 0.2) is 6.61 Å². The minimum absolute atomic E-state index is 0.0652. The van der Waals surface area contributed by atoms with Crippen LogP contribution in [-0.2, 0) is 20.1 Å². The second-order valence-corrected chi connectivity index (χ2v) is 7.17. The monoisotopic (exact) mass is 419 g/mol. The number of hydrogen-bond acceptors (Lipinski definition) is 7. The Morgan fingerprint density at radius 3 is 2.66 bits per heavy atom. The maximum Gasteiger partial charge on any atom is 0.339 e. The summed E-state index contributed by atoms with van der Waals surface area (Å²) in [7, 11) is 0. The van der Waals surface area contributed by atoms with Gasteiger partial charge in [0.1, 0.15) is 5.76 Å². The van der Waals surface area contributed by atoms with Crippen molar-refractivity contribution >= 4 is 29.5 Å². The predicted octanol–water partition coefficient (Wildman–Crippen LogP) is 2.42. The molecule has 9 heteroatoms. The van der Waals surface area contributed by atoms with Crippen molar-refractivity contribution in [2.45, 2.75) is 31.4 Å². The first-order valence-electron chi connectivity index (χ1n) is 9.30. The van der Waals surface area contributed by atoms with Crippen LogP contribution in [0.3, 0.4) is 0 Å². The van der Waals surface area contributed by atoms with Gasteiger partial charge in [-0.2, -0.15) is 0 Å². The van der Waals surface area contributed by atoms with Gasteiger partial charge in [0.05, 0.1) is 17.8 Å². The second-order valence-electron chi connectivity index (χ2n) is 6.15. The molecular formula is C20H25N3O5S. The molecule has 2 rings (SSSR count). The molecule has 1 aromatic carbocycles. The third-order valence-electron chi connectivity index (χ3n) is 3.93. The number of hydrogen-bond donors (Lipinski definition) is 1. The molecule has 0 aliphatic heterocycles. The molecule has 2 amide bonds. The van der Waals surface area contributed by atoms with Crippen molar-refractivity contribution in [3.63, 3.8) is 0 Å². The Morgan fingerprint density at radius 1 is 1.24 bits per heavy atom. The number of aryl methyl sites for hydroxylation is 1. The molecule has 29 heavy (non-hydrogen) atoms. The predicted molar refractivity (Wildman–Crippen MR) is 108 cm³/mol. The van der Waals surface area contributed by atoms with Gasteiger partial charge in [0, 0.05) is 29.8 Å². The molecule has 1 aromatic heterocycles. The van der Waals surface area contributed by atoms with Crippen molar-refractivity contribution in [2.24, 2.45) is 0 Å². The van der Waals surface area contributed by atoms with Crippen LogP contribution in [0, 0.1) is 6.92 Å². The summed E-state index contributed by atoms with van der Waals surface area (Å²) >= 11 is 1.43. The minimum Gasteiger partial charge on any atom is -0.452 e. The molecule has 0 unspecified atom stereocenters. The summed E-state index contributed by atoms with van der Waals surface area (Å²) in [5.41, 5.74) is 1.15. The highest BCUT2D eigenvalue weighted by molar-refractivity contribution is 7.98. The highest BCUT2D eigenvalue weighted by Crippen LogP contribution is 2.26. The van der Waals surface area contributed by atoms with E-state index >= 15 is 0 Å². The fourth-order valence-corrected chi connectivity index (χ4v) is 3.42. The molecule has 2 aromatic rings. The summed E-state index contributed by atoms with van der Waals surface area (Å²) < 4.78 is 10.2. The van der Waals surface area contributed by atoms with Gasteiger partial charge in [-0.3, -0.25) is 9.59 Å². The number of nitrogens with one attached hydrogen (secondary N) is 1. The van der Waals surface area contributed by atoms with E-state index in [2.05, 4.69) is 10.5 Å². The second kappa shape index (κ2) is 11.3. The van der Waals surface area contributed by atoms with Gasteiger partial charge < -0.3 is 19.5 Å². The SMILES string of the molecule is CCNC(=O)CN(CC)C(=O)COC(=O)c1ccccc1SCc1cc(C)on1. The molecule has 156 valence electrons. The standard InChI is InChI=1S/C20H25N3O5S/c1-4-21-18(24)11-23(5-2)19(25)12-27-20(26)16-8-6-7-9-17(16)29-13-15-10-14(3)28-22-15/h6-10H,4-5,11-13H2,1-3H3,(H,21,24). The Labute approximate surface area is 173 Å². The van der Waals surface area contributed by atoms with Crippen molar-refractivity contribution < 1.29 is 23.6 Å². The topological polar surface area (TPSA) is 102 Å². The molecule has 8 nitrogen and oxygen atoms in total. The van der Waals surface area contributed by atoms with Gasteiger partial charge >= 0.3 is 5.97 Å². The number of ether oxygens (including phenoxy) is 1. The van der Waals surface area contributed by atoms with Crippen LogP contribution in [-0.4, -0.2) is 54.1 Å². The fraction of sp³-hybridized carbons (Fsp3) is 0.400. The lowest BCUT2D eigenvalue weighted by atomic mass is 10.2. The number of carbonyl (C=O) groups is 3. The van der Waals surface area contributed by atoms with Crippen LogP contribution in [0.1, 0.15) is 35.7 Å². The van der Waals surface area contributed by atoms with Gasteiger partial charge in [-0.1, -0.05) is 17.3 Å². The summed E-state index contributed by atoms with van der Waals surface area (Å²) in [6.07, 6.45) is 0. The Kier molecular flexibility index (Phi) is 8.72. The number of rotatable bonds is 10. The number of carbonyl (C=O) groups excluding carboxylic acids is 3. The van der Waals surface area contributed by atoms with Crippen LogP contribution in [0.15, 0.2) is 39.8 Å². The van der Waals surface area contributed by atoms with Gasteiger partial charge in [-0.25, -0.2) is 4.79 Å². The Hall–Kier alpha value is -2.81. The van der Waals surface area contributed by atoms with E-state index in [1.54, 1.807) is 26.0 Å². The maximum absolute atomic E-state index is 12.5. The third kappa shape index (κ3) is 6.94. The smallest absolute Gasteiger partial charge is 0.339 e. The summed E-state index contributed by atoms with van der Waals surface area (Å²) in [4.78, 5) is 38.5. The van der Waals surface area contributed by atoms with E-state index in [1.807, 2.05) is 25.1 Å². The molecule has 0 saturated heterocycles. The zero-order valence-electron chi connectivity index (χ0n) is 16.8. The molecule has 0 radical (unpaired) electrons. The summed E-state index contributed by atoms with van der Waals surface area (Å²) in [5.74, 6) is -0.00240. The number of amides is 2. The van der Waals surface area contributed by atoms with Crippen molar-refractivity contribution in [3.8, 4) is 0 Å². The van der Waals surface area contributed by atoms with Gasteiger partial charge in [0.2, 0.25) is 5.91 Å². The van der Waals surface area contributed by atoms with Crippen molar-refractivity contribution in [1.82, 2.24) is 15.4 Å². The third-order valence-corrected chi connectivity index (χ3v) is 5.04. The fourth-order valence-electron chi connectivity index (χ4n) is 2.50. The van der Waals surface area contributed by atoms with Crippen molar-refractivity contribution in [2.75, 3.05) is 26.2 Å². The summed E-state index contributed by atoms with van der Waals surface area (Å²) in [6, 6.07) is 8.85. The van der Waals surface area contributed by atoms with Crippen LogP contribution in [0.2, 0.25) is 0 Å². The number of aromatic nitrogens is 1. The average Bonchev–Trinajstić information content (AvgIpc) is 3.14. The number of benzene rings is 1. The van der Waals surface area contributed by atoms with E-state index in [9.17, 15) is 14.4 Å². The van der Waals surface area contributed by atoms with Crippen LogP contribution >= 0.6 is 11.8 Å². The first-order valence-corrected chi connectivity index (χ1v) is 10.3. The number of thioether (sulfide) groups is 1. The molecular weight excluding hydrogens is 394 g/mol. The molecule has 0 bridgehead atoms. The Balaban J connectivity index is 1.94. The molecule has 0 fully saturated rings. The van der Waals surface area contributed by atoms with Gasteiger partial charge in [0.25, 0.3) is 5.91 Å². The van der Waals surface area contributed by atoms with Crippen molar-refractivity contribution in [3.05, 3.63) is 47.3 Å². The Morgan fingerprint density at radius 2 is 2.00 bits per heavy atom. The van der Waals surface area contributed by atoms with E-state index in [4.69, 9.17) is 9.26 Å². The van der Waals surface area contributed by atoms with Crippen LogP contribution in [0.25, 0.3) is 0 Å². The summed E-state index contributed by atoms with van der Waals surface area (Å²) in [5, 5.41) is 6.57. The van der Waals surface area contributed by atoms with E-state index in [-0.39, 0.29) is 12.5 Å². The average molecular weight is 420 g/mol. The molecule has 0 saturated carbocycles. The summed E-state index contributed by atoms with van der Waals surface area (Å²) in [6.45, 7) is 5.72. The number of nitrogens with zero attached hydrogens (tertiary/aromatic N) is 2. The molecule has 1 heterocycles. The zero-order chi connectivity index (χ0) is 21.2. The maximum atomic E-state index is 12.5. The normalized spacial score (nSPS) is 10.4. The largest absolute Gasteiger partial charge is 0.452 e. The van der Waals surface area contributed by atoms with Crippen LogP contribution < -0.4 is 5.32 Å². The quantitative estimate of drug-likeness (QED) is 0.466. The lowest BCUT2D eigenvalue weighted by Crippen LogP contribution is -2.42. The van der Waals surface area contributed by atoms with E-state index in [1.165, 1.54) is 16.7 Å². The van der Waals surface area contributed by atoms with Gasteiger partial charge in [-0.05, 0) is 32.9 Å². The lowest BCUT2D eigenvalue weighted by Gasteiger charge is -2.20. The molecule has 1 N–H and O–H groups in total. The van der Waals surface area contributed by atoms with Crippen molar-refractivity contribution in [1.29, 1.82) is 0 Å².